The number of anilines is 3. The lowest BCUT2D eigenvalue weighted by Crippen LogP contribution is -2.24. The summed E-state index contributed by atoms with van der Waals surface area (Å²) in [6, 6.07) is 10.2. The van der Waals surface area contributed by atoms with Crippen LogP contribution in [0.4, 0.5) is 17.3 Å². The molecular weight excluding hydrogens is 200 g/mol. The largest absolute Gasteiger partial charge is 0.338 e. The lowest BCUT2D eigenvalue weighted by molar-refractivity contribution is 0.936. The molecule has 0 atom stereocenters. The van der Waals surface area contributed by atoms with Gasteiger partial charge in [-0.1, -0.05) is 18.2 Å². The van der Waals surface area contributed by atoms with Crippen LogP contribution in [0.1, 0.15) is 0 Å². The van der Waals surface area contributed by atoms with E-state index in [1.165, 1.54) is 0 Å². The summed E-state index contributed by atoms with van der Waals surface area (Å²) in [5, 5.41) is 0. The van der Waals surface area contributed by atoms with Gasteiger partial charge in [0.25, 0.3) is 0 Å². The van der Waals surface area contributed by atoms with Crippen molar-refractivity contribution in [3.63, 3.8) is 0 Å². The molecule has 16 heavy (non-hydrogen) atoms. The Morgan fingerprint density at radius 3 is 2.44 bits per heavy atom. The molecule has 0 bridgehead atoms. The molecular formula is C12H12N4. The van der Waals surface area contributed by atoms with Crippen LogP contribution < -0.4 is 9.80 Å². The van der Waals surface area contributed by atoms with Gasteiger partial charge in [0, 0.05) is 25.1 Å². The Labute approximate surface area is 94.2 Å². The van der Waals surface area contributed by atoms with Crippen molar-refractivity contribution in [3.05, 3.63) is 42.7 Å². The van der Waals surface area contributed by atoms with Crippen molar-refractivity contribution in [1.82, 2.24) is 9.97 Å². The fraction of sp³-hybridized carbons (Fsp3) is 0.167. The third-order valence-corrected chi connectivity index (χ3v) is 2.70. The zero-order valence-corrected chi connectivity index (χ0v) is 9.04. The van der Waals surface area contributed by atoms with Crippen molar-refractivity contribution in [2.24, 2.45) is 0 Å². The maximum Gasteiger partial charge on any atom is 0.178 e. The molecule has 80 valence electrons. The Morgan fingerprint density at radius 1 is 1.00 bits per heavy atom. The third-order valence-electron chi connectivity index (χ3n) is 2.70. The first kappa shape index (κ1) is 9.15. The van der Waals surface area contributed by atoms with Gasteiger partial charge >= 0.3 is 0 Å². The van der Waals surface area contributed by atoms with Crippen LogP contribution in [0.3, 0.4) is 0 Å². The lowest BCUT2D eigenvalue weighted by atomic mass is 10.3. The van der Waals surface area contributed by atoms with E-state index in [1.54, 1.807) is 12.4 Å². The molecule has 4 heteroatoms. The van der Waals surface area contributed by atoms with Gasteiger partial charge in [0.15, 0.2) is 11.6 Å². The lowest BCUT2D eigenvalue weighted by Gasteiger charge is -2.17. The maximum atomic E-state index is 4.39. The van der Waals surface area contributed by atoms with E-state index in [9.17, 15) is 0 Å². The van der Waals surface area contributed by atoms with Crippen molar-refractivity contribution in [1.29, 1.82) is 0 Å². The summed E-state index contributed by atoms with van der Waals surface area (Å²) in [6.07, 6.45) is 3.46. The molecule has 1 aliphatic rings. The predicted molar refractivity (Wildman–Crippen MR) is 63.9 cm³/mol. The Hall–Kier alpha value is -2.10. The van der Waals surface area contributed by atoms with E-state index in [0.717, 1.165) is 24.0 Å². The van der Waals surface area contributed by atoms with Crippen LogP contribution in [-0.2, 0) is 0 Å². The highest BCUT2D eigenvalue weighted by atomic mass is 15.4. The molecule has 0 radical (unpaired) electrons. The second kappa shape index (κ2) is 3.48. The van der Waals surface area contributed by atoms with Crippen LogP contribution in [0.15, 0.2) is 42.7 Å². The molecule has 1 aromatic carbocycles. The molecule has 0 fully saturated rings. The van der Waals surface area contributed by atoms with E-state index < -0.39 is 0 Å². The standard InChI is InChI=1S/C12H12N4/c1-15-9-16(10-5-3-2-4-6-10)12-11(15)13-7-8-14-12/h2-8H,9H2,1H3. The average molecular weight is 212 g/mol. The second-order valence-corrected chi connectivity index (χ2v) is 3.81. The summed E-state index contributed by atoms with van der Waals surface area (Å²) in [5.41, 5.74) is 1.15. The summed E-state index contributed by atoms with van der Waals surface area (Å²) in [7, 11) is 2.02. The molecule has 0 unspecified atom stereocenters. The van der Waals surface area contributed by atoms with Crippen molar-refractivity contribution in [2.75, 3.05) is 23.5 Å². The monoisotopic (exact) mass is 212 g/mol. The zero-order valence-electron chi connectivity index (χ0n) is 9.04. The highest BCUT2D eigenvalue weighted by Gasteiger charge is 2.26. The number of rotatable bonds is 1. The first-order chi connectivity index (χ1) is 7.86. The normalized spacial score (nSPS) is 14.1. The summed E-state index contributed by atoms with van der Waals surface area (Å²) < 4.78 is 0. The number of nitrogens with zero attached hydrogens (tertiary/aromatic N) is 4. The molecule has 1 aliphatic heterocycles. The first-order valence-corrected chi connectivity index (χ1v) is 5.21. The SMILES string of the molecule is CN1CN(c2ccccc2)c2nccnc21. The summed E-state index contributed by atoms with van der Waals surface area (Å²) in [5.74, 6) is 1.86. The topological polar surface area (TPSA) is 32.3 Å². The average Bonchev–Trinajstić information content (AvgIpc) is 2.69. The fourth-order valence-electron chi connectivity index (χ4n) is 1.94. The van der Waals surface area contributed by atoms with E-state index in [-0.39, 0.29) is 0 Å². The summed E-state index contributed by atoms with van der Waals surface area (Å²) >= 11 is 0. The van der Waals surface area contributed by atoms with Crippen LogP contribution >= 0.6 is 0 Å². The molecule has 2 aromatic rings. The third kappa shape index (κ3) is 1.31. The number of hydrogen-bond acceptors (Lipinski definition) is 4. The number of benzene rings is 1. The van der Waals surface area contributed by atoms with Gasteiger partial charge in [0.05, 0.1) is 6.67 Å². The molecule has 4 nitrogen and oxygen atoms in total. The Balaban J connectivity index is 2.07. The molecule has 0 saturated heterocycles. The maximum absolute atomic E-state index is 4.39. The smallest absolute Gasteiger partial charge is 0.178 e. The first-order valence-electron chi connectivity index (χ1n) is 5.21. The molecule has 2 heterocycles. The van der Waals surface area contributed by atoms with E-state index in [1.807, 2.05) is 25.2 Å². The molecule has 1 aromatic heterocycles. The van der Waals surface area contributed by atoms with Crippen LogP contribution in [0.5, 0.6) is 0 Å². The van der Waals surface area contributed by atoms with Gasteiger partial charge in [0.2, 0.25) is 0 Å². The predicted octanol–water partition coefficient (Wildman–Crippen LogP) is 2.02. The minimum Gasteiger partial charge on any atom is -0.338 e. The van der Waals surface area contributed by atoms with Gasteiger partial charge in [-0.25, -0.2) is 9.97 Å². The van der Waals surface area contributed by atoms with Crippen LogP contribution in [0.25, 0.3) is 0 Å². The van der Waals surface area contributed by atoms with Crippen molar-refractivity contribution >= 4 is 17.3 Å². The minimum atomic E-state index is 0.795. The minimum absolute atomic E-state index is 0.795. The van der Waals surface area contributed by atoms with Gasteiger partial charge < -0.3 is 9.80 Å². The summed E-state index contributed by atoms with van der Waals surface area (Å²) in [6.45, 7) is 0.795. The Morgan fingerprint density at radius 2 is 1.69 bits per heavy atom. The Bertz CT molecular complexity index is 497. The van der Waals surface area contributed by atoms with Crippen LogP contribution in [0.2, 0.25) is 0 Å². The zero-order chi connectivity index (χ0) is 11.0. The molecule has 0 saturated carbocycles. The van der Waals surface area contributed by atoms with Gasteiger partial charge in [-0.05, 0) is 12.1 Å². The van der Waals surface area contributed by atoms with E-state index in [0.29, 0.717) is 0 Å². The van der Waals surface area contributed by atoms with Gasteiger partial charge in [-0.15, -0.1) is 0 Å². The number of fused-ring (bicyclic) bond motifs is 1. The highest BCUT2D eigenvalue weighted by Crippen LogP contribution is 2.35. The van der Waals surface area contributed by atoms with Crippen LogP contribution in [-0.4, -0.2) is 23.7 Å². The van der Waals surface area contributed by atoms with Crippen molar-refractivity contribution in [3.8, 4) is 0 Å². The molecule has 0 aliphatic carbocycles. The van der Waals surface area contributed by atoms with Gasteiger partial charge in [-0.2, -0.15) is 0 Å². The van der Waals surface area contributed by atoms with E-state index in [4.69, 9.17) is 0 Å². The Kier molecular flexibility index (Phi) is 1.99. The molecule has 0 N–H and O–H groups in total. The van der Waals surface area contributed by atoms with Crippen molar-refractivity contribution < 1.29 is 0 Å². The van der Waals surface area contributed by atoms with Crippen molar-refractivity contribution in [2.45, 2.75) is 0 Å². The van der Waals surface area contributed by atoms with Gasteiger partial charge in [0.1, 0.15) is 0 Å². The number of aromatic nitrogens is 2. The molecule has 3 rings (SSSR count). The van der Waals surface area contributed by atoms with E-state index in [2.05, 4.69) is 31.9 Å². The quantitative estimate of drug-likeness (QED) is 0.724. The molecule has 0 spiro atoms. The number of para-hydroxylation sites is 1. The summed E-state index contributed by atoms with van der Waals surface area (Å²) in [4.78, 5) is 13.0. The van der Waals surface area contributed by atoms with E-state index >= 15 is 0 Å². The van der Waals surface area contributed by atoms with Gasteiger partial charge in [-0.3, -0.25) is 0 Å². The second-order valence-electron chi connectivity index (χ2n) is 3.81. The fourth-order valence-corrected chi connectivity index (χ4v) is 1.94. The molecule has 0 amide bonds. The number of hydrogen-bond donors (Lipinski definition) is 0. The highest BCUT2D eigenvalue weighted by molar-refractivity contribution is 5.75. The van der Waals surface area contributed by atoms with Crippen LogP contribution in [0, 0.1) is 0 Å².